The van der Waals surface area contributed by atoms with Gasteiger partial charge in [0, 0.05) is 25.2 Å². The lowest BCUT2D eigenvalue weighted by Gasteiger charge is -2.38. The van der Waals surface area contributed by atoms with E-state index in [0.29, 0.717) is 0 Å². The molecule has 1 fully saturated rings. The Kier molecular flexibility index (Phi) is 3.46. The van der Waals surface area contributed by atoms with Crippen molar-refractivity contribution in [3.8, 4) is 0 Å². The Morgan fingerprint density at radius 3 is 2.25 bits per heavy atom. The highest BCUT2D eigenvalue weighted by Crippen LogP contribution is 2.19. The van der Waals surface area contributed by atoms with Crippen LogP contribution in [0.4, 0.5) is 5.69 Å². The van der Waals surface area contributed by atoms with Crippen LogP contribution in [0.3, 0.4) is 0 Å². The van der Waals surface area contributed by atoms with Crippen LogP contribution in [0.2, 0.25) is 0 Å². The number of benzene rings is 1. The second-order valence-corrected chi connectivity index (χ2v) is 6.03. The molecule has 1 aromatic carbocycles. The largest absolute Gasteiger partial charge is 0.480 e. The van der Waals surface area contributed by atoms with Crippen LogP contribution in [0, 0.1) is 10.1 Å². The average molecular weight is 301 g/mol. The lowest BCUT2D eigenvalue weighted by Crippen LogP contribution is -2.72. The number of sulfonamides is 1. The summed E-state index contributed by atoms with van der Waals surface area (Å²) in [5.74, 6) is -1.28. The fraction of sp³-hybridized carbons (Fsp3) is 0.300. The molecule has 0 bridgehead atoms. The molecule has 9 nitrogen and oxygen atoms in total. The van der Waals surface area contributed by atoms with Gasteiger partial charge in [0.25, 0.3) is 5.69 Å². The predicted octanol–water partition coefficient (Wildman–Crippen LogP) is -0.700. The maximum Gasteiger partial charge on any atom is 0.327 e. The number of nitro benzene ring substituents is 1. The molecule has 20 heavy (non-hydrogen) atoms. The quantitative estimate of drug-likeness (QED) is 0.482. The van der Waals surface area contributed by atoms with Gasteiger partial charge in [0.2, 0.25) is 10.0 Å². The Balaban J connectivity index is 2.26. The third-order valence-electron chi connectivity index (χ3n) is 2.95. The monoisotopic (exact) mass is 301 g/mol. The summed E-state index contributed by atoms with van der Waals surface area (Å²) >= 11 is 0. The van der Waals surface area contributed by atoms with E-state index < -0.39 is 26.5 Å². The SMILES string of the molecule is O=C(O)C1(NS(=O)(=O)c2ccc([N+](=O)[O-])cc2)CNC1. The highest BCUT2D eigenvalue weighted by molar-refractivity contribution is 7.89. The molecule has 0 aromatic heterocycles. The number of non-ortho nitro benzene ring substituents is 1. The first kappa shape index (κ1) is 14.4. The highest BCUT2D eigenvalue weighted by atomic mass is 32.2. The van der Waals surface area contributed by atoms with Crippen molar-refractivity contribution in [3.63, 3.8) is 0 Å². The molecule has 0 aliphatic carbocycles. The lowest BCUT2D eigenvalue weighted by molar-refractivity contribution is -0.384. The Morgan fingerprint density at radius 2 is 1.90 bits per heavy atom. The van der Waals surface area contributed by atoms with Crippen LogP contribution in [-0.2, 0) is 14.8 Å². The van der Waals surface area contributed by atoms with Crippen LogP contribution < -0.4 is 10.0 Å². The van der Waals surface area contributed by atoms with Gasteiger partial charge in [-0.3, -0.25) is 14.9 Å². The van der Waals surface area contributed by atoms with Gasteiger partial charge >= 0.3 is 5.97 Å². The van der Waals surface area contributed by atoms with Gasteiger partial charge < -0.3 is 10.4 Å². The number of nitrogens with one attached hydrogen (secondary N) is 2. The maximum atomic E-state index is 12.1. The summed E-state index contributed by atoms with van der Waals surface area (Å²) in [6, 6.07) is 4.20. The van der Waals surface area contributed by atoms with E-state index in [4.69, 9.17) is 5.11 Å². The molecule has 2 rings (SSSR count). The smallest absolute Gasteiger partial charge is 0.327 e. The zero-order chi connectivity index (χ0) is 15.0. The van der Waals surface area contributed by atoms with Crippen LogP contribution >= 0.6 is 0 Å². The summed E-state index contributed by atoms with van der Waals surface area (Å²) < 4.78 is 26.2. The number of carbonyl (C=O) groups is 1. The van der Waals surface area contributed by atoms with Crippen molar-refractivity contribution in [2.75, 3.05) is 13.1 Å². The Bertz CT molecular complexity index is 650. The fourth-order valence-electron chi connectivity index (χ4n) is 1.71. The summed E-state index contributed by atoms with van der Waals surface area (Å²) in [6.07, 6.45) is 0. The molecule has 0 saturated carbocycles. The standard InChI is InChI=1S/C10H11N3O6S/c14-9(15)10(5-11-6-10)12-20(18,19)8-3-1-7(2-4-8)13(16)17/h1-4,11-12H,5-6H2,(H,14,15). The molecule has 3 N–H and O–H groups in total. The van der Waals surface area contributed by atoms with Crippen molar-refractivity contribution in [3.05, 3.63) is 34.4 Å². The van der Waals surface area contributed by atoms with Crippen molar-refractivity contribution in [2.24, 2.45) is 0 Å². The number of rotatable bonds is 5. The van der Waals surface area contributed by atoms with E-state index in [1.807, 2.05) is 0 Å². The van der Waals surface area contributed by atoms with Crippen molar-refractivity contribution < 1.29 is 23.2 Å². The van der Waals surface area contributed by atoms with Crippen LogP contribution in [0.15, 0.2) is 29.2 Å². The average Bonchev–Trinajstić information content (AvgIpc) is 2.33. The first-order valence-electron chi connectivity index (χ1n) is 5.49. The normalized spacial score (nSPS) is 17.2. The number of nitrogens with zero attached hydrogens (tertiary/aromatic N) is 1. The molecule has 1 aliphatic heterocycles. The van der Waals surface area contributed by atoms with Crippen LogP contribution in [0.25, 0.3) is 0 Å². The second kappa shape index (κ2) is 4.81. The number of nitro groups is 1. The Hall–Kier alpha value is -2.04. The zero-order valence-electron chi connectivity index (χ0n) is 10.1. The van der Waals surface area contributed by atoms with Crippen LogP contribution in [0.1, 0.15) is 0 Å². The van der Waals surface area contributed by atoms with Gasteiger partial charge in [-0.25, -0.2) is 8.42 Å². The molecule has 1 aliphatic rings. The molecule has 1 saturated heterocycles. The number of aliphatic carboxylic acids is 1. The van der Waals surface area contributed by atoms with Crippen molar-refractivity contribution >= 4 is 21.7 Å². The number of carboxylic acid groups (broad SMARTS) is 1. The summed E-state index contributed by atoms with van der Waals surface area (Å²) in [7, 11) is -4.06. The fourth-order valence-corrected chi connectivity index (χ4v) is 3.06. The van der Waals surface area contributed by atoms with Gasteiger partial charge in [0.05, 0.1) is 9.82 Å². The minimum Gasteiger partial charge on any atom is -0.480 e. The zero-order valence-corrected chi connectivity index (χ0v) is 10.9. The number of carboxylic acids is 1. The Morgan fingerprint density at radius 1 is 1.35 bits per heavy atom. The number of hydrogen-bond acceptors (Lipinski definition) is 6. The molecule has 0 amide bonds. The lowest BCUT2D eigenvalue weighted by atomic mass is 9.94. The van der Waals surface area contributed by atoms with E-state index in [-0.39, 0.29) is 23.7 Å². The van der Waals surface area contributed by atoms with Gasteiger partial charge in [0.15, 0.2) is 5.54 Å². The third kappa shape index (κ3) is 2.48. The molecule has 108 valence electrons. The van der Waals surface area contributed by atoms with Crippen molar-refractivity contribution in [1.82, 2.24) is 10.0 Å². The molecule has 0 radical (unpaired) electrons. The summed E-state index contributed by atoms with van der Waals surface area (Å²) in [5.41, 5.74) is -1.82. The minimum absolute atomic E-state index is 0.0193. The van der Waals surface area contributed by atoms with Gasteiger partial charge in [-0.15, -0.1) is 0 Å². The first-order chi connectivity index (χ1) is 9.27. The van der Waals surface area contributed by atoms with E-state index >= 15 is 0 Å². The van der Waals surface area contributed by atoms with E-state index in [9.17, 15) is 23.3 Å². The van der Waals surface area contributed by atoms with Crippen LogP contribution in [0.5, 0.6) is 0 Å². The van der Waals surface area contributed by atoms with Crippen molar-refractivity contribution in [1.29, 1.82) is 0 Å². The molecular weight excluding hydrogens is 290 g/mol. The third-order valence-corrected chi connectivity index (χ3v) is 4.50. The van der Waals surface area contributed by atoms with Gasteiger partial charge in [-0.05, 0) is 12.1 Å². The van der Waals surface area contributed by atoms with Crippen LogP contribution in [-0.4, -0.2) is 43.0 Å². The summed E-state index contributed by atoms with van der Waals surface area (Å²) in [5, 5.41) is 22.2. The molecular formula is C10H11N3O6S. The molecule has 10 heteroatoms. The molecule has 0 atom stereocenters. The first-order valence-corrected chi connectivity index (χ1v) is 6.98. The van der Waals surface area contributed by atoms with Gasteiger partial charge in [-0.1, -0.05) is 0 Å². The minimum atomic E-state index is -4.06. The molecule has 1 heterocycles. The van der Waals surface area contributed by atoms with E-state index in [1.165, 1.54) is 0 Å². The second-order valence-electron chi connectivity index (χ2n) is 4.35. The van der Waals surface area contributed by atoms with Crippen molar-refractivity contribution in [2.45, 2.75) is 10.4 Å². The Labute approximate surface area is 113 Å². The van der Waals surface area contributed by atoms with Gasteiger partial charge in [-0.2, -0.15) is 4.72 Å². The predicted molar refractivity (Wildman–Crippen MR) is 66.7 cm³/mol. The maximum absolute atomic E-state index is 12.1. The topological polar surface area (TPSA) is 139 Å². The highest BCUT2D eigenvalue weighted by Gasteiger charge is 2.47. The summed E-state index contributed by atoms with van der Waals surface area (Å²) in [4.78, 5) is 20.7. The molecule has 1 aromatic rings. The van der Waals surface area contributed by atoms with E-state index in [0.717, 1.165) is 24.3 Å². The summed E-state index contributed by atoms with van der Waals surface area (Å²) in [6.45, 7) is -0.0386. The van der Waals surface area contributed by atoms with E-state index in [2.05, 4.69) is 10.0 Å². The molecule has 0 unspecified atom stereocenters. The van der Waals surface area contributed by atoms with Gasteiger partial charge in [0.1, 0.15) is 0 Å². The van der Waals surface area contributed by atoms with E-state index in [1.54, 1.807) is 0 Å². The molecule has 0 spiro atoms. The number of hydrogen-bond donors (Lipinski definition) is 3.